The Labute approximate surface area is 526 Å². The number of fused-ring (bicyclic) bond motifs is 3. The maximum Gasteiger partial charge on any atom is 0.339 e. The number of hydrogen-bond donors (Lipinski definition) is 0. The van der Waals surface area contributed by atoms with E-state index in [0.717, 1.165) is 36.0 Å². The summed E-state index contributed by atoms with van der Waals surface area (Å²) < 4.78 is 101. The zero-order chi connectivity index (χ0) is 67.0. The molecule has 5 atom stereocenters. The molecular weight excluding hydrogens is 1180 g/mol. The summed E-state index contributed by atoms with van der Waals surface area (Å²) in [6.45, 7) is 49.1. The molecule has 0 saturated heterocycles. The van der Waals surface area contributed by atoms with E-state index in [4.69, 9.17) is 41.4 Å². The topological polar surface area (TPSA) is 203 Å². The molecule has 0 aliphatic carbocycles. The smallest absolute Gasteiger partial charge is 0.339 e. The molecule has 3 heterocycles. The van der Waals surface area contributed by atoms with E-state index in [2.05, 4.69) is 41.5 Å². The third kappa shape index (κ3) is 26.1. The van der Waals surface area contributed by atoms with Gasteiger partial charge in [0.15, 0.2) is 0 Å². The van der Waals surface area contributed by atoms with E-state index in [-0.39, 0.29) is 47.5 Å². The molecule has 498 valence electrons. The molecule has 0 aromatic heterocycles. The SMILES string of the molecule is CC.CC.CC(C)(C)P(=O)(OCCC1OC(=O)c2ccccc21)OCCC1OC(=O)c2ccccc21.CC(C)(C)P(C)(=O)OCCC1OC(=O)c2ccccc21.CC(C)CCOP(=O)(OCCC(C)C)C(C)(C)C.CC(C)CCOP(C)(=O)C(C)(C)C. The molecule has 0 bridgehead atoms. The Kier molecular flexibility index (Phi) is 34.5. The van der Waals surface area contributed by atoms with Gasteiger partial charge in [0.05, 0.1) is 66.6 Å². The fraction of sp³-hybridized carbons (Fsp3) is 0.687. The van der Waals surface area contributed by atoms with E-state index >= 15 is 0 Å². The van der Waals surface area contributed by atoms with Crippen LogP contribution in [0, 0.1) is 17.8 Å². The quantitative estimate of drug-likeness (QED) is 0.0465. The van der Waals surface area contributed by atoms with Crippen LogP contribution in [0.4, 0.5) is 0 Å². The Balaban J connectivity index is 0.000000601. The molecule has 0 saturated carbocycles. The third-order valence-electron chi connectivity index (χ3n) is 14.4. The molecule has 20 heteroatoms. The second kappa shape index (κ2) is 36.7. The van der Waals surface area contributed by atoms with Crippen molar-refractivity contribution in [3.63, 3.8) is 0 Å². The van der Waals surface area contributed by atoms with Crippen LogP contribution in [0.25, 0.3) is 0 Å². The normalized spacial score (nSPS) is 18.3. The highest BCUT2D eigenvalue weighted by atomic mass is 31.2. The predicted octanol–water partition coefficient (Wildman–Crippen LogP) is 20.5. The first kappa shape index (κ1) is 81.8. The van der Waals surface area contributed by atoms with E-state index < -0.39 is 52.4 Å². The summed E-state index contributed by atoms with van der Waals surface area (Å²) in [6.07, 6.45) is 2.92. The Morgan fingerprint density at radius 3 is 0.828 bits per heavy atom. The van der Waals surface area contributed by atoms with Crippen molar-refractivity contribution in [2.24, 2.45) is 17.8 Å². The maximum atomic E-state index is 13.5. The molecular formula is C67H114O16P4. The van der Waals surface area contributed by atoms with E-state index in [0.29, 0.717) is 80.1 Å². The molecule has 0 N–H and O–H groups in total. The first-order valence-electron chi connectivity index (χ1n) is 31.3. The van der Waals surface area contributed by atoms with Crippen molar-refractivity contribution in [2.45, 2.75) is 230 Å². The first-order valence-corrected chi connectivity index (χ1v) is 38.5. The summed E-state index contributed by atoms with van der Waals surface area (Å²) in [5.41, 5.74) is 4.25. The van der Waals surface area contributed by atoms with Crippen LogP contribution in [0.15, 0.2) is 72.8 Å². The largest absolute Gasteiger partial charge is 0.454 e. The van der Waals surface area contributed by atoms with Crippen molar-refractivity contribution in [3.8, 4) is 0 Å². The highest BCUT2D eigenvalue weighted by molar-refractivity contribution is 7.60. The number of carbonyl (C=O) groups is 3. The number of esters is 3. The van der Waals surface area contributed by atoms with Gasteiger partial charge in [0.1, 0.15) is 18.3 Å². The summed E-state index contributed by atoms with van der Waals surface area (Å²) in [5.74, 6) is 0.712. The van der Waals surface area contributed by atoms with Crippen LogP contribution < -0.4 is 0 Å². The van der Waals surface area contributed by atoms with Gasteiger partial charge in [-0.05, 0) is 96.8 Å². The highest BCUT2D eigenvalue weighted by Gasteiger charge is 2.43. The standard InChI is InChI=1S/C24H27O7P.C15H21O4P.C14H31O3P.C10H23O2P.2C2H6/c1-24(2,3)32(27,28-14-12-20-16-8-4-6-10-18(16)22(25)30-20)29-15-13-21-17-9-5-7-11-19(17)23(26)31-21;1-15(2,3)20(4,17)18-10-9-13-11-7-5-6-8-12(11)14(16)19-13;1-12(2)8-10-16-18(15,14(5,6)7)17-11-9-13(3)4;1-9(2)7-8-12-13(6,11)10(3,4)5;2*1-2/h4-11,20-21H,12-15H2,1-3H3;5-8,13H,9-10H2,1-4H3;12-13H,8-11H2,1-7H3;9H,7-8H2,1-6H3;2*1-2H3. The summed E-state index contributed by atoms with van der Waals surface area (Å²) in [4.78, 5) is 35.7. The molecule has 0 spiro atoms. The Morgan fingerprint density at radius 1 is 0.368 bits per heavy atom. The van der Waals surface area contributed by atoms with Crippen molar-refractivity contribution < 1.29 is 74.0 Å². The summed E-state index contributed by atoms with van der Waals surface area (Å²) in [7, 11) is -11.6. The Hall–Kier alpha value is -3.25. The fourth-order valence-electron chi connectivity index (χ4n) is 7.71. The number of hydrogen-bond acceptors (Lipinski definition) is 16. The van der Waals surface area contributed by atoms with Crippen LogP contribution >= 0.6 is 29.9 Å². The minimum absolute atomic E-state index is 0.113. The molecule has 6 rings (SSSR count). The zero-order valence-corrected chi connectivity index (χ0v) is 61.3. The third-order valence-corrected chi connectivity index (χ3v) is 26.0. The van der Waals surface area contributed by atoms with Crippen molar-refractivity contribution >= 4 is 47.8 Å². The summed E-state index contributed by atoms with van der Waals surface area (Å²) >= 11 is 0. The molecule has 0 fully saturated rings. The average Bonchev–Trinajstić information content (AvgIpc) is 2.39. The first-order chi connectivity index (χ1) is 40.2. The van der Waals surface area contributed by atoms with Gasteiger partial charge in [0, 0.05) is 59.6 Å². The number of benzene rings is 3. The summed E-state index contributed by atoms with van der Waals surface area (Å²) in [5, 5.41) is -1.82. The fourth-order valence-corrected chi connectivity index (χ4v) is 12.5. The molecule has 3 aromatic carbocycles. The van der Waals surface area contributed by atoms with Gasteiger partial charge in [0.2, 0.25) is 14.7 Å². The van der Waals surface area contributed by atoms with Crippen LogP contribution in [0.1, 0.15) is 257 Å². The van der Waals surface area contributed by atoms with E-state index in [1.165, 1.54) is 0 Å². The molecule has 3 aliphatic rings. The van der Waals surface area contributed by atoms with Crippen molar-refractivity contribution in [3.05, 3.63) is 106 Å². The Morgan fingerprint density at radius 2 is 0.586 bits per heavy atom. The number of carbonyl (C=O) groups excluding carboxylic acids is 3. The molecule has 5 unspecified atom stereocenters. The lowest BCUT2D eigenvalue weighted by atomic mass is 10.0. The zero-order valence-electron chi connectivity index (χ0n) is 57.7. The predicted molar refractivity (Wildman–Crippen MR) is 356 cm³/mol. The van der Waals surface area contributed by atoms with Crippen LogP contribution in [0.2, 0.25) is 0 Å². The molecule has 0 amide bonds. The lowest BCUT2D eigenvalue weighted by molar-refractivity contribution is 0.0312. The van der Waals surface area contributed by atoms with Crippen molar-refractivity contribution in [1.29, 1.82) is 0 Å². The van der Waals surface area contributed by atoms with Crippen molar-refractivity contribution in [2.75, 3.05) is 53.0 Å². The van der Waals surface area contributed by atoms with Crippen LogP contribution in [-0.2, 0) is 59.6 Å². The number of cyclic esters (lactones) is 3. The Bertz CT molecular complexity index is 2670. The summed E-state index contributed by atoms with van der Waals surface area (Å²) in [6, 6.07) is 21.8. The lowest BCUT2D eigenvalue weighted by Crippen LogP contribution is -2.20. The van der Waals surface area contributed by atoms with Crippen LogP contribution in [0.5, 0.6) is 0 Å². The minimum Gasteiger partial charge on any atom is -0.454 e. The van der Waals surface area contributed by atoms with E-state index in [1.807, 2.05) is 132 Å². The van der Waals surface area contributed by atoms with Gasteiger partial charge >= 0.3 is 33.1 Å². The van der Waals surface area contributed by atoms with Gasteiger partial charge in [-0.15, -0.1) is 0 Å². The monoisotopic (exact) mass is 1300 g/mol. The van der Waals surface area contributed by atoms with Crippen molar-refractivity contribution in [1.82, 2.24) is 0 Å². The molecule has 0 radical (unpaired) electrons. The van der Waals surface area contributed by atoms with Gasteiger partial charge in [-0.3, -0.25) is 18.3 Å². The highest BCUT2D eigenvalue weighted by Crippen LogP contribution is 2.61. The van der Waals surface area contributed by atoms with Gasteiger partial charge < -0.3 is 41.4 Å². The molecule has 3 aromatic rings. The van der Waals surface area contributed by atoms with E-state index in [1.54, 1.807) is 64.4 Å². The number of ether oxygens (including phenoxy) is 3. The second-order valence-corrected chi connectivity index (χ2v) is 39.0. The molecule has 3 aliphatic heterocycles. The van der Waals surface area contributed by atoms with Gasteiger partial charge in [-0.1, -0.05) is 165 Å². The molecule has 87 heavy (non-hydrogen) atoms. The van der Waals surface area contributed by atoms with Gasteiger partial charge in [-0.25, -0.2) is 14.4 Å². The van der Waals surface area contributed by atoms with Gasteiger partial charge in [-0.2, -0.15) is 0 Å². The average molecular weight is 1300 g/mol. The lowest BCUT2D eigenvalue weighted by Gasteiger charge is -2.30. The maximum absolute atomic E-state index is 13.5. The minimum atomic E-state index is -3.50. The molecule has 16 nitrogen and oxygen atoms in total. The second-order valence-electron chi connectivity index (χ2n) is 26.7. The van der Waals surface area contributed by atoms with Crippen LogP contribution in [0.3, 0.4) is 0 Å². The number of rotatable bonds is 24. The van der Waals surface area contributed by atoms with Gasteiger partial charge in [0.25, 0.3) is 0 Å². The van der Waals surface area contributed by atoms with Crippen LogP contribution in [-0.4, -0.2) is 91.5 Å². The van der Waals surface area contributed by atoms with E-state index in [9.17, 15) is 32.6 Å².